The van der Waals surface area contributed by atoms with E-state index in [-0.39, 0.29) is 11.4 Å². The van der Waals surface area contributed by atoms with Crippen molar-refractivity contribution < 1.29 is 9.18 Å². The quantitative estimate of drug-likeness (QED) is 0.839. The predicted molar refractivity (Wildman–Crippen MR) is 64.0 cm³/mol. The number of rotatable bonds is 4. The van der Waals surface area contributed by atoms with Crippen molar-refractivity contribution in [1.29, 1.82) is 0 Å². The van der Waals surface area contributed by atoms with Gasteiger partial charge in [0.05, 0.1) is 0 Å². The fraction of sp³-hybridized carbons (Fsp3) is 0.462. The van der Waals surface area contributed by atoms with Gasteiger partial charge < -0.3 is 11.1 Å². The number of benzene rings is 1. The first-order chi connectivity index (χ1) is 8.00. The van der Waals surface area contributed by atoms with Gasteiger partial charge in [-0.2, -0.15) is 0 Å². The summed E-state index contributed by atoms with van der Waals surface area (Å²) in [6.45, 7) is 2.57. The molecule has 0 spiro atoms. The second-order valence-electron chi connectivity index (χ2n) is 4.94. The van der Waals surface area contributed by atoms with E-state index in [9.17, 15) is 9.18 Å². The van der Waals surface area contributed by atoms with E-state index < -0.39 is 5.91 Å². The average Bonchev–Trinajstić information content (AvgIpc) is 2.25. The lowest BCUT2D eigenvalue weighted by Gasteiger charge is -2.39. The van der Waals surface area contributed by atoms with Crippen LogP contribution in [0, 0.1) is 5.82 Å². The van der Waals surface area contributed by atoms with Crippen LogP contribution in [0.1, 0.15) is 42.1 Å². The molecule has 1 aromatic rings. The van der Waals surface area contributed by atoms with E-state index in [0.717, 1.165) is 12.8 Å². The highest BCUT2D eigenvalue weighted by atomic mass is 19.1. The van der Waals surface area contributed by atoms with Crippen LogP contribution in [0.4, 0.5) is 4.39 Å². The standard InChI is InChI=1S/C13H17FN2O/c1-13(5-2-6-13)16-8-10-7-9(12(15)17)3-4-11(10)14/h3-4,7,16H,2,5-6,8H2,1H3,(H2,15,17). The van der Waals surface area contributed by atoms with E-state index in [4.69, 9.17) is 5.73 Å². The van der Waals surface area contributed by atoms with Crippen LogP contribution in [0.2, 0.25) is 0 Å². The van der Waals surface area contributed by atoms with Crippen molar-refractivity contribution in [2.24, 2.45) is 5.73 Å². The molecule has 0 atom stereocenters. The number of hydrogen-bond donors (Lipinski definition) is 2. The topological polar surface area (TPSA) is 55.1 Å². The fourth-order valence-electron chi connectivity index (χ4n) is 2.06. The van der Waals surface area contributed by atoms with E-state index in [0.29, 0.717) is 17.7 Å². The number of primary amides is 1. The second-order valence-corrected chi connectivity index (χ2v) is 4.94. The molecule has 1 amide bonds. The van der Waals surface area contributed by atoms with Gasteiger partial charge in [-0.1, -0.05) is 0 Å². The molecule has 0 bridgehead atoms. The molecule has 0 radical (unpaired) electrons. The van der Waals surface area contributed by atoms with Gasteiger partial charge in [-0.25, -0.2) is 4.39 Å². The zero-order valence-electron chi connectivity index (χ0n) is 9.92. The van der Waals surface area contributed by atoms with Gasteiger partial charge in [0.2, 0.25) is 5.91 Å². The Morgan fingerprint density at radius 3 is 2.76 bits per heavy atom. The van der Waals surface area contributed by atoms with Crippen molar-refractivity contribution in [2.45, 2.75) is 38.3 Å². The molecule has 1 aliphatic carbocycles. The smallest absolute Gasteiger partial charge is 0.248 e. The molecule has 1 aliphatic rings. The van der Waals surface area contributed by atoms with Crippen LogP contribution in [-0.4, -0.2) is 11.4 Å². The molecule has 92 valence electrons. The van der Waals surface area contributed by atoms with Gasteiger partial charge >= 0.3 is 0 Å². The third kappa shape index (κ3) is 2.64. The Morgan fingerprint density at radius 1 is 1.53 bits per heavy atom. The van der Waals surface area contributed by atoms with Gasteiger partial charge in [0.25, 0.3) is 0 Å². The number of halogens is 1. The number of amides is 1. The van der Waals surface area contributed by atoms with Crippen LogP contribution in [-0.2, 0) is 6.54 Å². The highest BCUT2D eigenvalue weighted by Crippen LogP contribution is 2.31. The van der Waals surface area contributed by atoms with Gasteiger partial charge in [-0.3, -0.25) is 4.79 Å². The molecule has 3 N–H and O–H groups in total. The van der Waals surface area contributed by atoms with Crippen molar-refractivity contribution in [1.82, 2.24) is 5.32 Å². The normalized spacial score (nSPS) is 17.5. The maximum Gasteiger partial charge on any atom is 0.248 e. The van der Waals surface area contributed by atoms with Gasteiger partial charge in [0.1, 0.15) is 5.82 Å². The second kappa shape index (κ2) is 4.45. The summed E-state index contributed by atoms with van der Waals surface area (Å²) in [5, 5.41) is 3.33. The van der Waals surface area contributed by atoms with E-state index in [1.165, 1.54) is 24.6 Å². The molecule has 0 unspecified atom stereocenters. The van der Waals surface area contributed by atoms with Crippen LogP contribution in [0.25, 0.3) is 0 Å². The lowest BCUT2D eigenvalue weighted by molar-refractivity contribution is 0.1000. The average molecular weight is 236 g/mol. The number of nitrogens with two attached hydrogens (primary N) is 1. The van der Waals surface area contributed by atoms with Crippen LogP contribution >= 0.6 is 0 Å². The molecule has 3 nitrogen and oxygen atoms in total. The zero-order valence-corrected chi connectivity index (χ0v) is 9.92. The predicted octanol–water partition coefficient (Wildman–Crippen LogP) is 1.96. The third-order valence-corrected chi connectivity index (χ3v) is 3.49. The van der Waals surface area contributed by atoms with Gasteiger partial charge in [0, 0.05) is 23.2 Å². The highest BCUT2D eigenvalue weighted by molar-refractivity contribution is 5.92. The van der Waals surface area contributed by atoms with Gasteiger partial charge in [-0.05, 0) is 44.4 Å². The SMILES string of the molecule is CC1(NCc2cc(C(N)=O)ccc2F)CCC1. The van der Waals surface area contributed by atoms with E-state index in [2.05, 4.69) is 12.2 Å². The molecule has 4 heteroatoms. The summed E-state index contributed by atoms with van der Waals surface area (Å²) in [6, 6.07) is 4.22. The van der Waals surface area contributed by atoms with E-state index in [1.54, 1.807) is 0 Å². The van der Waals surface area contributed by atoms with Crippen LogP contribution in [0.15, 0.2) is 18.2 Å². The molecule has 0 saturated heterocycles. The van der Waals surface area contributed by atoms with Crippen molar-refractivity contribution in [3.63, 3.8) is 0 Å². The number of carbonyl (C=O) groups is 1. The van der Waals surface area contributed by atoms with Crippen molar-refractivity contribution in [3.05, 3.63) is 35.1 Å². The summed E-state index contributed by atoms with van der Waals surface area (Å²) in [6.07, 6.45) is 3.45. The first kappa shape index (κ1) is 12.0. The molecule has 17 heavy (non-hydrogen) atoms. The summed E-state index contributed by atoms with van der Waals surface area (Å²) in [5.74, 6) is -0.827. The lowest BCUT2D eigenvalue weighted by atomic mass is 9.78. The fourth-order valence-corrected chi connectivity index (χ4v) is 2.06. The maximum atomic E-state index is 13.5. The molecule has 0 heterocycles. The maximum absolute atomic E-state index is 13.5. The number of nitrogens with one attached hydrogen (secondary N) is 1. The first-order valence-corrected chi connectivity index (χ1v) is 5.83. The number of carbonyl (C=O) groups excluding carboxylic acids is 1. The Labute approximate surface area is 100 Å². The molecular weight excluding hydrogens is 219 g/mol. The zero-order chi connectivity index (χ0) is 12.5. The summed E-state index contributed by atoms with van der Waals surface area (Å²) < 4.78 is 13.5. The van der Waals surface area contributed by atoms with E-state index in [1.807, 2.05) is 0 Å². The molecule has 0 aromatic heterocycles. The third-order valence-electron chi connectivity index (χ3n) is 3.49. The summed E-state index contributed by atoms with van der Waals surface area (Å²) in [5.41, 5.74) is 6.13. The minimum atomic E-state index is -0.527. The number of hydrogen-bond acceptors (Lipinski definition) is 2. The van der Waals surface area contributed by atoms with Crippen molar-refractivity contribution in [3.8, 4) is 0 Å². The van der Waals surface area contributed by atoms with E-state index >= 15 is 0 Å². The van der Waals surface area contributed by atoms with Crippen molar-refractivity contribution >= 4 is 5.91 Å². The minimum Gasteiger partial charge on any atom is -0.366 e. The monoisotopic (exact) mass is 236 g/mol. The lowest BCUT2D eigenvalue weighted by Crippen LogP contribution is -2.47. The van der Waals surface area contributed by atoms with Gasteiger partial charge in [0.15, 0.2) is 0 Å². The van der Waals surface area contributed by atoms with Crippen LogP contribution in [0.3, 0.4) is 0 Å². The Balaban J connectivity index is 2.08. The molecule has 0 aliphatic heterocycles. The summed E-state index contributed by atoms with van der Waals surface area (Å²) in [4.78, 5) is 11.0. The minimum absolute atomic E-state index is 0.120. The Morgan fingerprint density at radius 2 is 2.24 bits per heavy atom. The van der Waals surface area contributed by atoms with Crippen LogP contribution in [0.5, 0.6) is 0 Å². The van der Waals surface area contributed by atoms with Crippen LogP contribution < -0.4 is 11.1 Å². The summed E-state index contributed by atoms with van der Waals surface area (Å²) >= 11 is 0. The van der Waals surface area contributed by atoms with Gasteiger partial charge in [-0.15, -0.1) is 0 Å². The Hall–Kier alpha value is -1.42. The van der Waals surface area contributed by atoms with Crippen molar-refractivity contribution in [2.75, 3.05) is 0 Å². The molecule has 1 aromatic carbocycles. The molecular formula is C13H17FN2O. The highest BCUT2D eigenvalue weighted by Gasteiger charge is 2.30. The molecule has 2 rings (SSSR count). The molecule has 1 fully saturated rings. The largest absolute Gasteiger partial charge is 0.366 e. The summed E-state index contributed by atoms with van der Waals surface area (Å²) in [7, 11) is 0. The molecule has 1 saturated carbocycles. The first-order valence-electron chi connectivity index (χ1n) is 5.83. The Bertz CT molecular complexity index is 441. The Kier molecular flexibility index (Phi) is 3.15.